The normalized spacial score (nSPS) is 20.2. The smallest absolute Gasteiger partial charge is 0.282 e. The molecule has 122 valence electrons. The Morgan fingerprint density at radius 1 is 1.50 bits per heavy atom. The van der Waals surface area contributed by atoms with Gasteiger partial charge in [-0.25, -0.2) is 0 Å². The fraction of sp³-hybridized carbons (Fsp3) is 0.500. The van der Waals surface area contributed by atoms with E-state index in [0.29, 0.717) is 24.5 Å². The van der Waals surface area contributed by atoms with Crippen LogP contribution in [-0.4, -0.2) is 34.9 Å². The number of piperidine rings is 1. The number of hydrogen-bond acceptors (Lipinski definition) is 4. The van der Waals surface area contributed by atoms with E-state index >= 15 is 0 Å². The first-order chi connectivity index (χ1) is 9.72. The van der Waals surface area contributed by atoms with E-state index in [0.717, 1.165) is 0 Å². The van der Waals surface area contributed by atoms with Gasteiger partial charge in [0.05, 0.1) is 4.92 Å². The van der Waals surface area contributed by atoms with Crippen LogP contribution in [0.1, 0.15) is 30.6 Å². The predicted molar refractivity (Wildman–Crippen MR) is 87.6 cm³/mol. The summed E-state index contributed by atoms with van der Waals surface area (Å²) in [7, 11) is 0. The van der Waals surface area contributed by atoms with Crippen molar-refractivity contribution in [1.29, 1.82) is 0 Å². The quantitative estimate of drug-likeness (QED) is 0.657. The molecule has 0 saturated carbocycles. The molecule has 2 rings (SSSR count). The molecule has 1 aliphatic rings. The second-order valence-electron chi connectivity index (χ2n) is 6.03. The van der Waals surface area contributed by atoms with Gasteiger partial charge in [0.1, 0.15) is 5.56 Å². The summed E-state index contributed by atoms with van der Waals surface area (Å²) in [5.74, 6) is -0.371. The molecule has 1 unspecified atom stereocenters. The lowest BCUT2D eigenvalue weighted by atomic mass is 9.79. The van der Waals surface area contributed by atoms with Crippen LogP contribution in [-0.2, 0) is 0 Å². The van der Waals surface area contributed by atoms with Crippen LogP contribution in [0.3, 0.4) is 0 Å². The molecule has 1 fully saturated rings. The molecule has 0 bridgehead atoms. The monoisotopic (exact) mass is 347 g/mol. The molecular weight excluding hydrogens is 329 g/mol. The molecule has 2 N–H and O–H groups in total. The highest BCUT2D eigenvalue weighted by atomic mass is 35.5. The molecule has 0 radical (unpaired) electrons. The first-order valence-electron chi connectivity index (χ1n) is 6.71. The Morgan fingerprint density at radius 3 is 2.68 bits per heavy atom. The average Bonchev–Trinajstić information content (AvgIpc) is 2.40. The third-order valence-electron chi connectivity index (χ3n) is 3.99. The van der Waals surface area contributed by atoms with Crippen LogP contribution in [0, 0.1) is 15.5 Å². The van der Waals surface area contributed by atoms with Crippen molar-refractivity contribution in [3.8, 4) is 0 Å². The van der Waals surface area contributed by atoms with Crippen molar-refractivity contribution in [3.05, 3.63) is 38.9 Å². The minimum atomic E-state index is -0.565. The molecule has 22 heavy (non-hydrogen) atoms. The standard InChI is InChI=1S/C14H18ClN3O3.ClH/c1-14(2)8-17(6-5-12(14)16)13(19)10-7-9(15)3-4-11(10)18(20)21;/h3-4,7,12H,5-6,8,16H2,1-2H3;1H. The van der Waals surface area contributed by atoms with Crippen molar-refractivity contribution in [2.24, 2.45) is 11.1 Å². The van der Waals surface area contributed by atoms with Crippen molar-refractivity contribution in [3.63, 3.8) is 0 Å². The maximum absolute atomic E-state index is 12.6. The SMILES string of the molecule is CC1(C)CN(C(=O)c2cc(Cl)ccc2[N+](=O)[O-])CCC1N.Cl. The minimum Gasteiger partial charge on any atom is -0.338 e. The predicted octanol–water partition coefficient (Wildman–Crippen LogP) is 2.87. The number of nitro groups is 1. The average molecular weight is 348 g/mol. The second kappa shape index (κ2) is 6.81. The summed E-state index contributed by atoms with van der Waals surface area (Å²) >= 11 is 5.87. The van der Waals surface area contributed by atoms with E-state index in [1.807, 2.05) is 13.8 Å². The summed E-state index contributed by atoms with van der Waals surface area (Å²) < 4.78 is 0. The van der Waals surface area contributed by atoms with Gasteiger partial charge < -0.3 is 10.6 Å². The van der Waals surface area contributed by atoms with Gasteiger partial charge in [0.25, 0.3) is 11.6 Å². The molecule has 8 heteroatoms. The Kier molecular flexibility index (Phi) is 5.78. The molecule has 1 aromatic carbocycles. The van der Waals surface area contributed by atoms with Gasteiger partial charge in [0.2, 0.25) is 0 Å². The van der Waals surface area contributed by atoms with E-state index in [-0.39, 0.29) is 41.0 Å². The Bertz CT molecular complexity index is 593. The number of likely N-dealkylation sites (tertiary alicyclic amines) is 1. The maximum Gasteiger partial charge on any atom is 0.282 e. The Morgan fingerprint density at radius 2 is 2.14 bits per heavy atom. The van der Waals surface area contributed by atoms with E-state index in [9.17, 15) is 14.9 Å². The molecule has 1 saturated heterocycles. The molecular formula is C14H19Cl2N3O3. The number of carbonyl (C=O) groups is 1. The van der Waals surface area contributed by atoms with Crippen molar-refractivity contribution < 1.29 is 9.72 Å². The van der Waals surface area contributed by atoms with Crippen LogP contribution in [0.15, 0.2) is 18.2 Å². The summed E-state index contributed by atoms with van der Waals surface area (Å²) in [4.78, 5) is 24.7. The largest absolute Gasteiger partial charge is 0.338 e. The number of rotatable bonds is 2. The number of halogens is 2. The Balaban J connectivity index is 0.00000242. The summed E-state index contributed by atoms with van der Waals surface area (Å²) in [6, 6.07) is 4.03. The van der Waals surface area contributed by atoms with Crippen molar-refractivity contribution in [2.75, 3.05) is 13.1 Å². The molecule has 0 aromatic heterocycles. The summed E-state index contributed by atoms with van der Waals surface area (Å²) in [5.41, 5.74) is 5.63. The fourth-order valence-corrected chi connectivity index (χ4v) is 2.73. The zero-order valence-corrected chi connectivity index (χ0v) is 14.0. The zero-order chi connectivity index (χ0) is 15.8. The molecule has 1 atom stereocenters. The lowest BCUT2D eigenvalue weighted by Gasteiger charge is -2.42. The van der Waals surface area contributed by atoms with E-state index < -0.39 is 4.92 Å². The highest BCUT2D eigenvalue weighted by molar-refractivity contribution is 6.31. The highest BCUT2D eigenvalue weighted by Gasteiger charge is 2.37. The number of nitrogens with zero attached hydrogens (tertiary/aromatic N) is 2. The van der Waals surface area contributed by atoms with Crippen LogP contribution in [0.25, 0.3) is 0 Å². The van der Waals surface area contributed by atoms with Gasteiger partial charge in [-0.15, -0.1) is 12.4 Å². The Hall–Kier alpha value is -1.37. The van der Waals surface area contributed by atoms with Gasteiger partial charge in [-0.2, -0.15) is 0 Å². The van der Waals surface area contributed by atoms with Crippen molar-refractivity contribution in [1.82, 2.24) is 4.90 Å². The molecule has 1 aromatic rings. The van der Waals surface area contributed by atoms with Crippen molar-refractivity contribution >= 4 is 35.6 Å². The van der Waals surface area contributed by atoms with Gasteiger partial charge in [-0.05, 0) is 24.0 Å². The molecule has 1 heterocycles. The fourth-order valence-electron chi connectivity index (χ4n) is 2.56. The number of benzene rings is 1. The Labute approximate surface area is 140 Å². The lowest BCUT2D eigenvalue weighted by Crippen LogP contribution is -2.54. The summed E-state index contributed by atoms with van der Waals surface area (Å²) in [5, 5.41) is 11.4. The number of carbonyl (C=O) groups excluding carboxylic acids is 1. The zero-order valence-electron chi connectivity index (χ0n) is 12.4. The van der Waals surface area contributed by atoms with E-state index in [1.165, 1.54) is 18.2 Å². The number of amides is 1. The number of nitro benzene ring substituents is 1. The van der Waals surface area contributed by atoms with Gasteiger partial charge in [-0.3, -0.25) is 14.9 Å². The topological polar surface area (TPSA) is 89.5 Å². The molecule has 1 aliphatic heterocycles. The van der Waals surface area contributed by atoms with Gasteiger partial charge >= 0.3 is 0 Å². The summed E-state index contributed by atoms with van der Waals surface area (Å²) in [6.07, 6.45) is 0.674. The van der Waals surface area contributed by atoms with Crippen LogP contribution in [0.2, 0.25) is 5.02 Å². The van der Waals surface area contributed by atoms with E-state index in [2.05, 4.69) is 0 Å². The van der Waals surface area contributed by atoms with Crippen LogP contribution < -0.4 is 5.73 Å². The van der Waals surface area contributed by atoms with Crippen LogP contribution in [0.4, 0.5) is 5.69 Å². The first kappa shape index (κ1) is 18.7. The number of hydrogen-bond donors (Lipinski definition) is 1. The van der Waals surface area contributed by atoms with Crippen LogP contribution in [0.5, 0.6) is 0 Å². The van der Waals surface area contributed by atoms with E-state index in [4.69, 9.17) is 17.3 Å². The molecule has 0 aliphatic carbocycles. The third kappa shape index (κ3) is 3.69. The van der Waals surface area contributed by atoms with Gasteiger partial charge in [-0.1, -0.05) is 25.4 Å². The molecule has 1 amide bonds. The van der Waals surface area contributed by atoms with Crippen LogP contribution >= 0.6 is 24.0 Å². The highest BCUT2D eigenvalue weighted by Crippen LogP contribution is 2.30. The second-order valence-corrected chi connectivity index (χ2v) is 6.47. The van der Waals surface area contributed by atoms with Gasteiger partial charge in [0.15, 0.2) is 0 Å². The lowest BCUT2D eigenvalue weighted by molar-refractivity contribution is -0.385. The number of nitrogens with two attached hydrogens (primary N) is 1. The molecule has 0 spiro atoms. The van der Waals surface area contributed by atoms with E-state index in [1.54, 1.807) is 4.90 Å². The van der Waals surface area contributed by atoms with Crippen molar-refractivity contribution in [2.45, 2.75) is 26.3 Å². The maximum atomic E-state index is 12.6. The summed E-state index contributed by atoms with van der Waals surface area (Å²) in [6.45, 7) is 4.94. The van der Waals surface area contributed by atoms with Gasteiger partial charge in [0, 0.05) is 30.2 Å². The minimum absolute atomic E-state index is 0. The first-order valence-corrected chi connectivity index (χ1v) is 7.09. The molecule has 6 nitrogen and oxygen atoms in total. The third-order valence-corrected chi connectivity index (χ3v) is 4.22.